The Morgan fingerprint density at radius 3 is 3.03 bits per heavy atom. The summed E-state index contributed by atoms with van der Waals surface area (Å²) in [5.74, 6) is 0.679. The number of nitrogens with zero attached hydrogens (tertiary/aromatic N) is 4. The Labute approximate surface area is 183 Å². The molecule has 9 heteroatoms. The fraction of sp³-hybridized carbons (Fsp3) is 0.217. The second-order valence-electron chi connectivity index (χ2n) is 7.51. The Balaban J connectivity index is 1.13. The summed E-state index contributed by atoms with van der Waals surface area (Å²) >= 11 is 0. The lowest BCUT2D eigenvalue weighted by Crippen LogP contribution is -2.29. The van der Waals surface area contributed by atoms with E-state index in [1.54, 1.807) is 35.4 Å². The largest absolute Gasteiger partial charge is 0.489 e. The standard InChI is InChI=1S/C23H21N5O4/c1-28-13-16(10-26-28)19-4-2-3-5-20(19)30-14-18-9-17(27-32-18)11-25-23(29)21-8-15-6-7-24-12-22(15)31-21/h2-8,10,12-13,18H,9,11,14H2,1H3,(H,25,29). The molecule has 1 aromatic carbocycles. The fourth-order valence-corrected chi connectivity index (χ4v) is 3.52. The van der Waals surface area contributed by atoms with Crippen molar-refractivity contribution < 1.29 is 18.8 Å². The monoisotopic (exact) mass is 431 g/mol. The van der Waals surface area contributed by atoms with E-state index >= 15 is 0 Å². The van der Waals surface area contributed by atoms with Crippen LogP contribution in [0, 0.1) is 0 Å². The SMILES string of the molecule is Cn1cc(-c2ccccc2OCC2CC(CNC(=O)c3cc4ccncc4o3)=NO2)cn1. The molecule has 0 saturated heterocycles. The van der Waals surface area contributed by atoms with E-state index in [2.05, 4.69) is 20.6 Å². The molecule has 1 atom stereocenters. The lowest BCUT2D eigenvalue weighted by atomic mass is 10.1. The molecular formula is C23H21N5O4. The molecular weight excluding hydrogens is 410 g/mol. The predicted octanol–water partition coefficient (Wildman–Crippen LogP) is 3.18. The van der Waals surface area contributed by atoms with Crippen molar-refractivity contribution >= 4 is 22.6 Å². The van der Waals surface area contributed by atoms with Gasteiger partial charge in [0.1, 0.15) is 12.4 Å². The van der Waals surface area contributed by atoms with Gasteiger partial charge in [-0.25, -0.2) is 0 Å². The first-order chi connectivity index (χ1) is 15.7. The van der Waals surface area contributed by atoms with Crippen LogP contribution in [0.2, 0.25) is 0 Å². The maximum Gasteiger partial charge on any atom is 0.287 e. The van der Waals surface area contributed by atoms with Crippen LogP contribution >= 0.6 is 0 Å². The molecule has 9 nitrogen and oxygen atoms in total. The summed E-state index contributed by atoms with van der Waals surface area (Å²) in [7, 11) is 1.88. The van der Waals surface area contributed by atoms with E-state index in [-0.39, 0.29) is 24.3 Å². The number of rotatable bonds is 7. The maximum absolute atomic E-state index is 12.4. The lowest BCUT2D eigenvalue weighted by molar-refractivity contribution is 0.0472. The molecule has 5 rings (SSSR count). The number of nitrogens with one attached hydrogen (secondary N) is 1. The number of furan rings is 1. The van der Waals surface area contributed by atoms with Crippen molar-refractivity contribution in [3.63, 3.8) is 0 Å². The van der Waals surface area contributed by atoms with Gasteiger partial charge in [-0.05, 0) is 18.2 Å². The smallest absolute Gasteiger partial charge is 0.287 e. The zero-order chi connectivity index (χ0) is 21.9. The van der Waals surface area contributed by atoms with Gasteiger partial charge in [-0.15, -0.1) is 0 Å². The summed E-state index contributed by atoms with van der Waals surface area (Å²) in [6.07, 6.45) is 7.33. The quantitative estimate of drug-likeness (QED) is 0.482. The highest BCUT2D eigenvalue weighted by molar-refractivity contribution is 5.98. The normalized spacial score (nSPS) is 15.4. The predicted molar refractivity (Wildman–Crippen MR) is 117 cm³/mol. The summed E-state index contributed by atoms with van der Waals surface area (Å²) in [5.41, 5.74) is 3.26. The molecule has 0 aliphatic carbocycles. The molecule has 0 saturated carbocycles. The third kappa shape index (κ3) is 4.18. The molecule has 32 heavy (non-hydrogen) atoms. The molecule has 1 aliphatic rings. The lowest BCUT2D eigenvalue weighted by Gasteiger charge is -2.13. The van der Waals surface area contributed by atoms with Gasteiger partial charge in [0.25, 0.3) is 5.91 Å². The first kappa shape index (κ1) is 19.8. The maximum atomic E-state index is 12.4. The highest BCUT2D eigenvalue weighted by Gasteiger charge is 2.23. The van der Waals surface area contributed by atoms with Gasteiger partial charge in [0.2, 0.25) is 0 Å². The van der Waals surface area contributed by atoms with E-state index in [1.165, 1.54) is 0 Å². The average molecular weight is 431 g/mol. The zero-order valence-corrected chi connectivity index (χ0v) is 17.4. The molecule has 0 radical (unpaired) electrons. The number of ether oxygens (including phenoxy) is 1. The number of benzene rings is 1. The van der Waals surface area contributed by atoms with Gasteiger partial charge in [0.15, 0.2) is 17.4 Å². The summed E-state index contributed by atoms with van der Waals surface area (Å²) in [6.45, 7) is 0.617. The van der Waals surface area contributed by atoms with E-state index in [1.807, 2.05) is 37.5 Å². The van der Waals surface area contributed by atoms with Crippen molar-refractivity contribution in [3.05, 3.63) is 66.9 Å². The topological polar surface area (TPSA) is 104 Å². The van der Waals surface area contributed by atoms with Gasteiger partial charge in [0.05, 0.1) is 24.7 Å². The Morgan fingerprint density at radius 2 is 2.19 bits per heavy atom. The third-order valence-electron chi connectivity index (χ3n) is 5.12. The molecule has 1 amide bonds. The highest BCUT2D eigenvalue weighted by Crippen LogP contribution is 2.29. The summed E-state index contributed by atoms with van der Waals surface area (Å²) in [5, 5.41) is 12.0. The van der Waals surface area contributed by atoms with Gasteiger partial charge in [-0.2, -0.15) is 5.10 Å². The molecule has 0 fully saturated rings. The van der Waals surface area contributed by atoms with Gasteiger partial charge in [0, 0.05) is 42.4 Å². The van der Waals surface area contributed by atoms with Gasteiger partial charge >= 0.3 is 0 Å². The second-order valence-corrected chi connectivity index (χ2v) is 7.51. The molecule has 4 heterocycles. The first-order valence-electron chi connectivity index (χ1n) is 10.2. The number of aromatic nitrogens is 3. The number of carbonyl (C=O) groups excluding carboxylic acids is 1. The van der Waals surface area contributed by atoms with Gasteiger partial charge in [-0.1, -0.05) is 23.4 Å². The number of oxime groups is 1. The van der Waals surface area contributed by atoms with Crippen LogP contribution in [0.3, 0.4) is 0 Å². The second kappa shape index (κ2) is 8.54. The van der Waals surface area contributed by atoms with E-state index in [9.17, 15) is 4.79 Å². The van der Waals surface area contributed by atoms with Crippen molar-refractivity contribution in [2.24, 2.45) is 12.2 Å². The number of carbonyl (C=O) groups is 1. The minimum atomic E-state index is -0.311. The van der Waals surface area contributed by atoms with Crippen LogP contribution < -0.4 is 10.1 Å². The zero-order valence-electron chi connectivity index (χ0n) is 17.4. The molecule has 0 bridgehead atoms. The summed E-state index contributed by atoms with van der Waals surface area (Å²) < 4.78 is 13.3. The van der Waals surface area contributed by atoms with Gasteiger partial charge in [-0.3, -0.25) is 14.5 Å². The minimum absolute atomic E-state index is 0.221. The van der Waals surface area contributed by atoms with Crippen LogP contribution in [-0.4, -0.2) is 45.6 Å². The van der Waals surface area contributed by atoms with Crippen molar-refractivity contribution in [1.82, 2.24) is 20.1 Å². The number of para-hydroxylation sites is 1. The Bertz CT molecular complexity index is 1260. The van der Waals surface area contributed by atoms with Crippen molar-refractivity contribution in [1.29, 1.82) is 0 Å². The number of amides is 1. The molecule has 1 N–H and O–H groups in total. The van der Waals surface area contributed by atoms with Crippen LogP contribution in [0.4, 0.5) is 0 Å². The minimum Gasteiger partial charge on any atom is -0.489 e. The average Bonchev–Trinajstić information content (AvgIpc) is 3.55. The fourth-order valence-electron chi connectivity index (χ4n) is 3.52. The number of pyridine rings is 1. The van der Waals surface area contributed by atoms with Gasteiger partial charge < -0.3 is 19.3 Å². The van der Waals surface area contributed by atoms with Crippen molar-refractivity contribution in [3.8, 4) is 16.9 Å². The van der Waals surface area contributed by atoms with Crippen molar-refractivity contribution in [2.45, 2.75) is 12.5 Å². The molecule has 1 unspecified atom stereocenters. The summed E-state index contributed by atoms with van der Waals surface area (Å²) in [4.78, 5) is 21.9. The Kier molecular flexibility index (Phi) is 5.29. The van der Waals surface area contributed by atoms with Crippen molar-refractivity contribution in [2.75, 3.05) is 13.2 Å². The third-order valence-corrected chi connectivity index (χ3v) is 5.12. The van der Waals surface area contributed by atoms with E-state index in [0.717, 1.165) is 28.0 Å². The van der Waals surface area contributed by atoms with E-state index < -0.39 is 0 Å². The van der Waals surface area contributed by atoms with Crippen LogP contribution in [0.1, 0.15) is 17.0 Å². The first-order valence-corrected chi connectivity index (χ1v) is 10.2. The number of aryl methyl sites for hydroxylation is 1. The van der Waals surface area contributed by atoms with E-state index in [4.69, 9.17) is 14.0 Å². The molecule has 0 spiro atoms. The Hall–Kier alpha value is -4.14. The molecule has 1 aliphatic heterocycles. The summed E-state index contributed by atoms with van der Waals surface area (Å²) in [6, 6.07) is 11.3. The molecule has 3 aromatic heterocycles. The van der Waals surface area contributed by atoms with E-state index in [0.29, 0.717) is 18.6 Å². The Morgan fingerprint density at radius 1 is 1.28 bits per heavy atom. The molecule has 4 aromatic rings. The van der Waals surface area contributed by atoms with Crippen LogP contribution in [0.15, 0.2) is 70.8 Å². The molecule has 162 valence electrons. The van der Waals surface area contributed by atoms with Crippen LogP contribution in [0.25, 0.3) is 22.1 Å². The van der Waals surface area contributed by atoms with Crippen LogP contribution in [0.5, 0.6) is 5.75 Å². The number of hydrogen-bond acceptors (Lipinski definition) is 7. The van der Waals surface area contributed by atoms with Crippen LogP contribution in [-0.2, 0) is 11.9 Å². The highest BCUT2D eigenvalue weighted by atomic mass is 16.7. The number of fused-ring (bicyclic) bond motifs is 1. The number of hydrogen-bond donors (Lipinski definition) is 1.